The van der Waals surface area contributed by atoms with Crippen molar-refractivity contribution in [2.24, 2.45) is 0 Å². The molecular formula is C6H17LiN2. The Morgan fingerprint density at radius 1 is 0.889 bits per heavy atom. The van der Waals surface area contributed by atoms with Gasteiger partial charge in [-0.2, -0.15) is 0 Å². The molecule has 0 saturated heterocycles. The Bertz CT molecular complexity index is 51.7. The fraction of sp³-hybridized carbons (Fsp3) is 1.00. The van der Waals surface area contributed by atoms with Crippen LogP contribution in [0.15, 0.2) is 0 Å². The third-order valence-corrected chi connectivity index (χ3v) is 0.994. The van der Waals surface area contributed by atoms with Gasteiger partial charge in [-0.05, 0) is 28.2 Å². The monoisotopic (exact) mass is 124 g/mol. The topological polar surface area (TPSA) is 6.48 Å². The summed E-state index contributed by atoms with van der Waals surface area (Å²) in [5.41, 5.74) is 0. The van der Waals surface area contributed by atoms with Crippen molar-refractivity contribution in [3.8, 4) is 0 Å². The molecule has 0 unspecified atom stereocenters. The molecule has 0 aliphatic rings. The molecule has 0 bridgehead atoms. The summed E-state index contributed by atoms with van der Waals surface area (Å²) in [4.78, 5) is 4.36. The summed E-state index contributed by atoms with van der Waals surface area (Å²) in [5.74, 6) is 0. The van der Waals surface area contributed by atoms with Gasteiger partial charge in [-0.25, -0.2) is 0 Å². The zero-order valence-electron chi connectivity index (χ0n) is 8.31. The number of hydrogen-bond donors (Lipinski definition) is 0. The predicted molar refractivity (Wildman–Crippen MR) is 38.2 cm³/mol. The maximum Gasteiger partial charge on any atom is 1.00 e. The number of hydrogen-bond acceptors (Lipinski definition) is 2. The maximum absolute atomic E-state index is 2.18. The standard InChI is InChI=1S/C6H16N2.Li.H/c1-7(2)5-6-8(3)4;;/h5-6H2,1-4H3;;/q;+1;-1. The average Bonchev–Trinajstić information content (AvgIpc) is 1.61. The summed E-state index contributed by atoms with van der Waals surface area (Å²) in [6.07, 6.45) is 0. The Labute approximate surface area is 71.9 Å². The van der Waals surface area contributed by atoms with Crippen molar-refractivity contribution in [1.82, 2.24) is 9.80 Å². The van der Waals surface area contributed by atoms with Crippen LogP contribution in [0.4, 0.5) is 0 Å². The largest absolute Gasteiger partial charge is 1.00 e. The first-order valence-corrected chi connectivity index (χ1v) is 2.92. The molecule has 0 aromatic carbocycles. The van der Waals surface area contributed by atoms with E-state index in [4.69, 9.17) is 0 Å². The van der Waals surface area contributed by atoms with Gasteiger partial charge in [0, 0.05) is 13.1 Å². The first-order chi connectivity index (χ1) is 3.63. The van der Waals surface area contributed by atoms with Gasteiger partial charge in [0.25, 0.3) is 0 Å². The molecule has 0 heterocycles. The SMILES string of the molecule is CN(C)CCN(C)C.[H-].[Li+]. The van der Waals surface area contributed by atoms with Crippen LogP contribution in [0.3, 0.4) is 0 Å². The van der Waals surface area contributed by atoms with Crippen LogP contribution < -0.4 is 18.9 Å². The summed E-state index contributed by atoms with van der Waals surface area (Å²) in [5, 5.41) is 0. The summed E-state index contributed by atoms with van der Waals surface area (Å²) in [7, 11) is 8.35. The molecule has 0 rings (SSSR count). The summed E-state index contributed by atoms with van der Waals surface area (Å²) in [6.45, 7) is 2.29. The Hall–Kier alpha value is 0.517. The van der Waals surface area contributed by atoms with E-state index in [0.29, 0.717) is 0 Å². The number of rotatable bonds is 3. The zero-order valence-corrected chi connectivity index (χ0v) is 7.31. The molecule has 0 N–H and O–H groups in total. The molecule has 2 nitrogen and oxygen atoms in total. The van der Waals surface area contributed by atoms with Crippen molar-refractivity contribution < 1.29 is 20.3 Å². The molecule has 0 fully saturated rings. The van der Waals surface area contributed by atoms with E-state index in [-0.39, 0.29) is 20.3 Å². The minimum absolute atomic E-state index is 0. The van der Waals surface area contributed by atoms with Crippen LogP contribution in [-0.2, 0) is 0 Å². The van der Waals surface area contributed by atoms with Gasteiger partial charge in [-0.1, -0.05) is 0 Å². The van der Waals surface area contributed by atoms with Gasteiger partial charge in [0.15, 0.2) is 0 Å². The fourth-order valence-electron chi connectivity index (χ4n) is 0.400. The third-order valence-electron chi connectivity index (χ3n) is 0.994. The van der Waals surface area contributed by atoms with E-state index in [1.54, 1.807) is 0 Å². The third kappa shape index (κ3) is 11.9. The fourth-order valence-corrected chi connectivity index (χ4v) is 0.400. The predicted octanol–water partition coefficient (Wildman–Crippen LogP) is -2.77. The van der Waals surface area contributed by atoms with Crippen LogP contribution in [-0.4, -0.2) is 51.1 Å². The van der Waals surface area contributed by atoms with Crippen LogP contribution in [0, 0.1) is 0 Å². The van der Waals surface area contributed by atoms with E-state index in [1.165, 1.54) is 0 Å². The molecule has 0 spiro atoms. The molecule has 0 aliphatic heterocycles. The number of likely N-dealkylation sites (N-methyl/N-ethyl adjacent to an activating group) is 2. The van der Waals surface area contributed by atoms with E-state index < -0.39 is 0 Å². The van der Waals surface area contributed by atoms with Crippen molar-refractivity contribution in [2.75, 3.05) is 41.3 Å². The van der Waals surface area contributed by atoms with Crippen LogP contribution in [0.2, 0.25) is 0 Å². The van der Waals surface area contributed by atoms with E-state index in [0.717, 1.165) is 13.1 Å². The minimum Gasteiger partial charge on any atom is -1.00 e. The molecule has 3 heteroatoms. The molecule has 52 valence electrons. The summed E-state index contributed by atoms with van der Waals surface area (Å²) < 4.78 is 0. The summed E-state index contributed by atoms with van der Waals surface area (Å²) in [6, 6.07) is 0. The van der Waals surface area contributed by atoms with Crippen molar-refractivity contribution in [3.63, 3.8) is 0 Å². The Kier molecular flexibility index (Phi) is 9.01. The Balaban J connectivity index is -0.000000245. The molecular weight excluding hydrogens is 107 g/mol. The second kappa shape index (κ2) is 6.63. The molecule has 0 atom stereocenters. The van der Waals surface area contributed by atoms with Crippen molar-refractivity contribution >= 4 is 0 Å². The molecule has 0 aliphatic carbocycles. The molecule has 0 radical (unpaired) electrons. The van der Waals surface area contributed by atoms with E-state index in [1.807, 2.05) is 0 Å². The molecule has 0 aromatic heterocycles. The van der Waals surface area contributed by atoms with Gasteiger partial charge in [0.1, 0.15) is 0 Å². The number of nitrogens with zero attached hydrogens (tertiary/aromatic N) is 2. The van der Waals surface area contributed by atoms with Crippen LogP contribution in [0.1, 0.15) is 1.43 Å². The van der Waals surface area contributed by atoms with Gasteiger partial charge in [-0.3, -0.25) is 0 Å². The van der Waals surface area contributed by atoms with E-state index in [9.17, 15) is 0 Å². The molecule has 0 saturated carbocycles. The van der Waals surface area contributed by atoms with Gasteiger partial charge < -0.3 is 11.2 Å². The molecule has 0 amide bonds. The van der Waals surface area contributed by atoms with Crippen molar-refractivity contribution in [3.05, 3.63) is 0 Å². The summed E-state index contributed by atoms with van der Waals surface area (Å²) >= 11 is 0. The van der Waals surface area contributed by atoms with Gasteiger partial charge in [0.05, 0.1) is 0 Å². The smallest absolute Gasteiger partial charge is 1.00 e. The second-order valence-corrected chi connectivity index (χ2v) is 2.61. The van der Waals surface area contributed by atoms with E-state index in [2.05, 4.69) is 38.0 Å². The Morgan fingerprint density at radius 2 is 1.11 bits per heavy atom. The molecule has 9 heavy (non-hydrogen) atoms. The van der Waals surface area contributed by atoms with Gasteiger partial charge in [-0.15, -0.1) is 0 Å². The first-order valence-electron chi connectivity index (χ1n) is 2.92. The van der Waals surface area contributed by atoms with Crippen molar-refractivity contribution in [1.29, 1.82) is 0 Å². The maximum atomic E-state index is 2.18. The van der Waals surface area contributed by atoms with Gasteiger partial charge in [0.2, 0.25) is 0 Å². The minimum atomic E-state index is 0. The van der Waals surface area contributed by atoms with Crippen LogP contribution in [0.5, 0.6) is 0 Å². The van der Waals surface area contributed by atoms with Crippen molar-refractivity contribution in [2.45, 2.75) is 0 Å². The van der Waals surface area contributed by atoms with E-state index >= 15 is 0 Å². The second-order valence-electron chi connectivity index (χ2n) is 2.61. The van der Waals surface area contributed by atoms with Crippen LogP contribution in [0.25, 0.3) is 0 Å². The first kappa shape index (κ1) is 12.2. The Morgan fingerprint density at radius 3 is 1.22 bits per heavy atom. The zero-order chi connectivity index (χ0) is 6.57. The quantitative estimate of drug-likeness (QED) is 0.376. The average molecular weight is 124 g/mol. The van der Waals surface area contributed by atoms with Crippen LogP contribution >= 0.6 is 0 Å². The molecule has 0 aromatic rings. The normalized spacial score (nSPS) is 10.0. The van der Waals surface area contributed by atoms with Gasteiger partial charge >= 0.3 is 18.9 Å².